The van der Waals surface area contributed by atoms with Crippen LogP contribution in [-0.4, -0.2) is 20.5 Å². The Kier molecular flexibility index (Phi) is 3.98. The molecule has 3 aromatic rings. The van der Waals surface area contributed by atoms with Crippen molar-refractivity contribution in [1.29, 1.82) is 0 Å². The number of nitrogens with zero attached hydrogens (tertiary/aromatic N) is 2. The molecule has 0 saturated heterocycles. The Hall–Kier alpha value is -2.14. The first kappa shape index (κ1) is 14.8. The summed E-state index contributed by atoms with van der Waals surface area (Å²) in [6, 6.07) is 9.96. The van der Waals surface area contributed by atoms with Gasteiger partial charge < -0.3 is 5.11 Å². The van der Waals surface area contributed by atoms with Crippen molar-refractivity contribution < 1.29 is 9.90 Å². The van der Waals surface area contributed by atoms with Gasteiger partial charge in [0, 0.05) is 17.7 Å². The standard InChI is InChI=1S/C17H18N2O2S/c1-3-11(4-2)14-15(16(20)21)22-17-18-13(10-19(14)17)12-8-6-5-7-9-12/h5-11H,3-4H2,1-2H3,(H,20,21). The van der Waals surface area contributed by atoms with Crippen LogP contribution in [0.25, 0.3) is 16.2 Å². The summed E-state index contributed by atoms with van der Waals surface area (Å²) in [5, 5.41) is 9.48. The maximum Gasteiger partial charge on any atom is 0.347 e. The molecule has 4 nitrogen and oxygen atoms in total. The van der Waals surface area contributed by atoms with E-state index >= 15 is 0 Å². The lowest BCUT2D eigenvalue weighted by Crippen LogP contribution is -2.06. The van der Waals surface area contributed by atoms with E-state index in [-0.39, 0.29) is 5.92 Å². The number of thiazole rings is 1. The Labute approximate surface area is 133 Å². The molecule has 2 heterocycles. The van der Waals surface area contributed by atoms with Gasteiger partial charge in [-0.2, -0.15) is 0 Å². The highest BCUT2D eigenvalue weighted by Crippen LogP contribution is 2.34. The first-order valence-electron chi connectivity index (χ1n) is 7.46. The second-order valence-corrected chi connectivity index (χ2v) is 6.26. The van der Waals surface area contributed by atoms with E-state index in [1.54, 1.807) is 0 Å². The van der Waals surface area contributed by atoms with E-state index in [9.17, 15) is 9.90 Å². The van der Waals surface area contributed by atoms with Crippen LogP contribution in [0.15, 0.2) is 36.5 Å². The van der Waals surface area contributed by atoms with E-state index in [0.29, 0.717) is 4.88 Å². The van der Waals surface area contributed by atoms with E-state index in [2.05, 4.69) is 18.8 Å². The Morgan fingerprint density at radius 1 is 1.27 bits per heavy atom. The molecule has 0 saturated carbocycles. The zero-order chi connectivity index (χ0) is 15.7. The lowest BCUT2D eigenvalue weighted by atomic mass is 9.98. The SMILES string of the molecule is CCC(CC)c1c(C(=O)O)sc2nc(-c3ccccc3)cn12. The summed E-state index contributed by atoms with van der Waals surface area (Å²) >= 11 is 1.26. The van der Waals surface area contributed by atoms with Crippen LogP contribution in [-0.2, 0) is 0 Å². The van der Waals surface area contributed by atoms with Gasteiger partial charge in [-0.05, 0) is 12.8 Å². The van der Waals surface area contributed by atoms with Crippen molar-refractivity contribution in [2.75, 3.05) is 0 Å². The number of rotatable bonds is 5. The fourth-order valence-corrected chi connectivity index (χ4v) is 3.85. The molecule has 0 aliphatic heterocycles. The minimum absolute atomic E-state index is 0.234. The Bertz CT molecular complexity index is 801. The minimum Gasteiger partial charge on any atom is -0.477 e. The van der Waals surface area contributed by atoms with E-state index in [4.69, 9.17) is 0 Å². The summed E-state index contributed by atoms with van der Waals surface area (Å²) in [6.45, 7) is 4.19. The van der Waals surface area contributed by atoms with Crippen molar-refractivity contribution >= 4 is 22.3 Å². The fourth-order valence-electron chi connectivity index (χ4n) is 2.82. The highest BCUT2D eigenvalue weighted by Gasteiger charge is 2.24. The zero-order valence-electron chi connectivity index (χ0n) is 12.6. The van der Waals surface area contributed by atoms with Gasteiger partial charge in [-0.25, -0.2) is 9.78 Å². The van der Waals surface area contributed by atoms with Crippen LogP contribution in [0.4, 0.5) is 0 Å². The van der Waals surface area contributed by atoms with Gasteiger partial charge in [-0.1, -0.05) is 55.5 Å². The van der Waals surface area contributed by atoms with Crippen LogP contribution in [0.3, 0.4) is 0 Å². The summed E-state index contributed by atoms with van der Waals surface area (Å²) in [7, 11) is 0. The predicted octanol–water partition coefficient (Wildman–Crippen LogP) is 4.66. The lowest BCUT2D eigenvalue weighted by Gasteiger charge is -2.12. The molecule has 0 spiro atoms. The number of carbonyl (C=O) groups is 1. The first-order valence-corrected chi connectivity index (χ1v) is 8.27. The maximum absolute atomic E-state index is 11.5. The smallest absolute Gasteiger partial charge is 0.347 e. The highest BCUT2D eigenvalue weighted by atomic mass is 32.1. The van der Waals surface area contributed by atoms with Gasteiger partial charge in [-0.3, -0.25) is 4.40 Å². The molecule has 0 fully saturated rings. The number of fused-ring (bicyclic) bond motifs is 1. The molecule has 3 rings (SSSR count). The molecule has 0 aliphatic carbocycles. The van der Waals surface area contributed by atoms with E-state index in [0.717, 1.165) is 34.8 Å². The number of carboxylic acid groups (broad SMARTS) is 1. The molecule has 2 aromatic heterocycles. The second kappa shape index (κ2) is 5.93. The molecule has 1 N–H and O–H groups in total. The minimum atomic E-state index is -0.862. The summed E-state index contributed by atoms with van der Waals surface area (Å²) in [4.78, 5) is 17.3. The van der Waals surface area contributed by atoms with Crippen LogP contribution in [0.2, 0.25) is 0 Å². The number of benzene rings is 1. The Morgan fingerprint density at radius 2 is 1.95 bits per heavy atom. The quantitative estimate of drug-likeness (QED) is 0.745. The number of carboxylic acids is 1. The van der Waals surface area contributed by atoms with Gasteiger partial charge >= 0.3 is 5.97 Å². The van der Waals surface area contributed by atoms with Crippen molar-refractivity contribution in [2.24, 2.45) is 0 Å². The largest absolute Gasteiger partial charge is 0.477 e. The van der Waals surface area contributed by atoms with Gasteiger partial charge in [0.15, 0.2) is 4.96 Å². The number of aromatic nitrogens is 2. The van der Waals surface area contributed by atoms with Gasteiger partial charge in [0.25, 0.3) is 0 Å². The third-order valence-corrected chi connectivity index (χ3v) is 5.05. The van der Waals surface area contributed by atoms with Gasteiger partial charge in [0.2, 0.25) is 0 Å². The van der Waals surface area contributed by atoms with Gasteiger partial charge in [-0.15, -0.1) is 0 Å². The molecule has 0 unspecified atom stereocenters. The molecular formula is C17H18N2O2S. The van der Waals surface area contributed by atoms with Crippen molar-refractivity contribution in [3.05, 3.63) is 47.1 Å². The van der Waals surface area contributed by atoms with Crippen molar-refractivity contribution in [3.63, 3.8) is 0 Å². The Balaban J connectivity index is 2.19. The lowest BCUT2D eigenvalue weighted by molar-refractivity contribution is 0.0700. The molecule has 0 bridgehead atoms. The first-order chi connectivity index (χ1) is 10.7. The maximum atomic E-state index is 11.5. The number of hydrogen-bond acceptors (Lipinski definition) is 3. The third kappa shape index (κ3) is 2.41. The van der Waals surface area contributed by atoms with E-state index in [1.807, 2.05) is 40.9 Å². The van der Waals surface area contributed by atoms with Crippen LogP contribution in [0.5, 0.6) is 0 Å². The number of aromatic carboxylic acids is 1. The molecule has 22 heavy (non-hydrogen) atoms. The second-order valence-electron chi connectivity index (χ2n) is 5.28. The van der Waals surface area contributed by atoms with Crippen molar-refractivity contribution in [3.8, 4) is 11.3 Å². The normalized spacial score (nSPS) is 11.4. The van der Waals surface area contributed by atoms with Gasteiger partial charge in [0.05, 0.1) is 11.4 Å². The van der Waals surface area contributed by atoms with Crippen LogP contribution in [0, 0.1) is 0 Å². The molecule has 5 heteroatoms. The molecule has 1 aromatic carbocycles. The molecule has 0 aliphatic rings. The molecule has 0 amide bonds. The predicted molar refractivity (Wildman–Crippen MR) is 88.8 cm³/mol. The molecule has 114 valence electrons. The van der Waals surface area contributed by atoms with Crippen LogP contribution in [0.1, 0.15) is 48.0 Å². The van der Waals surface area contributed by atoms with Crippen molar-refractivity contribution in [1.82, 2.24) is 9.38 Å². The number of imidazole rings is 1. The van der Waals surface area contributed by atoms with Crippen LogP contribution < -0.4 is 0 Å². The molecular weight excluding hydrogens is 296 g/mol. The van der Waals surface area contributed by atoms with Gasteiger partial charge in [0.1, 0.15) is 4.88 Å². The average Bonchev–Trinajstić information content (AvgIpc) is 3.08. The molecule has 0 atom stereocenters. The topological polar surface area (TPSA) is 54.6 Å². The van der Waals surface area contributed by atoms with E-state index < -0.39 is 5.97 Å². The van der Waals surface area contributed by atoms with Crippen LogP contribution >= 0.6 is 11.3 Å². The third-order valence-electron chi connectivity index (χ3n) is 4.00. The van der Waals surface area contributed by atoms with E-state index in [1.165, 1.54) is 11.3 Å². The highest BCUT2D eigenvalue weighted by molar-refractivity contribution is 7.19. The zero-order valence-corrected chi connectivity index (χ0v) is 13.4. The Morgan fingerprint density at radius 3 is 2.55 bits per heavy atom. The summed E-state index contributed by atoms with van der Waals surface area (Å²) < 4.78 is 1.97. The number of hydrogen-bond donors (Lipinski definition) is 1. The summed E-state index contributed by atoms with van der Waals surface area (Å²) in [6.07, 6.45) is 3.80. The summed E-state index contributed by atoms with van der Waals surface area (Å²) in [5.41, 5.74) is 2.81. The van der Waals surface area contributed by atoms with Crippen molar-refractivity contribution in [2.45, 2.75) is 32.6 Å². The summed E-state index contributed by atoms with van der Waals surface area (Å²) in [5.74, 6) is -0.628. The molecule has 0 radical (unpaired) electrons. The fraction of sp³-hybridized carbons (Fsp3) is 0.294. The average molecular weight is 314 g/mol. The monoisotopic (exact) mass is 314 g/mol.